The van der Waals surface area contributed by atoms with Crippen LogP contribution in [0.4, 0.5) is 4.39 Å². The van der Waals surface area contributed by atoms with Crippen molar-refractivity contribution in [3.8, 4) is 0 Å². The summed E-state index contributed by atoms with van der Waals surface area (Å²) in [5, 5.41) is 5.24. The number of amides is 2. The Morgan fingerprint density at radius 2 is 1.65 bits per heavy atom. The van der Waals surface area contributed by atoms with E-state index in [1.54, 1.807) is 12.1 Å². The van der Waals surface area contributed by atoms with Crippen LogP contribution < -0.4 is 10.6 Å². The van der Waals surface area contributed by atoms with Gasteiger partial charge in [-0.3, -0.25) is 9.59 Å². The average Bonchev–Trinajstić information content (AvgIpc) is 2.54. The SMILES string of the molecule is O=C(CNC(=O)Cc1ccccc1Br)NCc1ccc(F)cc1. The third-order valence-corrected chi connectivity index (χ3v) is 3.93. The lowest BCUT2D eigenvalue weighted by Crippen LogP contribution is -2.37. The highest BCUT2D eigenvalue weighted by Crippen LogP contribution is 2.16. The number of halogens is 2. The molecule has 0 aliphatic heterocycles. The first-order valence-corrected chi connectivity index (χ1v) is 7.85. The fourth-order valence-corrected chi connectivity index (χ4v) is 2.35. The van der Waals surface area contributed by atoms with Gasteiger partial charge in [0, 0.05) is 11.0 Å². The van der Waals surface area contributed by atoms with E-state index in [0.717, 1.165) is 15.6 Å². The Morgan fingerprint density at radius 3 is 2.35 bits per heavy atom. The van der Waals surface area contributed by atoms with Gasteiger partial charge < -0.3 is 10.6 Å². The van der Waals surface area contributed by atoms with Crippen molar-refractivity contribution in [1.29, 1.82) is 0 Å². The summed E-state index contributed by atoms with van der Waals surface area (Å²) in [6.07, 6.45) is 0.201. The predicted octanol–water partition coefficient (Wildman–Crippen LogP) is 2.56. The molecule has 4 nitrogen and oxygen atoms in total. The molecule has 0 unspecified atom stereocenters. The Morgan fingerprint density at radius 1 is 0.957 bits per heavy atom. The molecule has 0 radical (unpaired) electrons. The van der Waals surface area contributed by atoms with Gasteiger partial charge in [-0.1, -0.05) is 46.3 Å². The van der Waals surface area contributed by atoms with Gasteiger partial charge in [0.15, 0.2) is 0 Å². The lowest BCUT2D eigenvalue weighted by atomic mass is 10.1. The summed E-state index contributed by atoms with van der Waals surface area (Å²) in [4.78, 5) is 23.5. The van der Waals surface area contributed by atoms with Gasteiger partial charge in [0.1, 0.15) is 5.82 Å². The molecule has 0 bridgehead atoms. The second kappa shape index (κ2) is 8.43. The summed E-state index contributed by atoms with van der Waals surface area (Å²) in [5.74, 6) is -0.844. The van der Waals surface area contributed by atoms with E-state index >= 15 is 0 Å². The number of nitrogens with one attached hydrogen (secondary N) is 2. The van der Waals surface area contributed by atoms with E-state index in [1.165, 1.54) is 12.1 Å². The molecule has 120 valence electrons. The summed E-state index contributed by atoms with van der Waals surface area (Å²) in [6, 6.07) is 13.3. The molecule has 2 aromatic rings. The van der Waals surface area contributed by atoms with Crippen molar-refractivity contribution in [2.75, 3.05) is 6.54 Å². The highest BCUT2D eigenvalue weighted by atomic mass is 79.9. The van der Waals surface area contributed by atoms with Crippen molar-refractivity contribution >= 4 is 27.7 Å². The Kier molecular flexibility index (Phi) is 6.29. The third-order valence-electron chi connectivity index (χ3n) is 3.16. The van der Waals surface area contributed by atoms with Crippen LogP contribution in [0.3, 0.4) is 0 Å². The van der Waals surface area contributed by atoms with E-state index in [2.05, 4.69) is 26.6 Å². The first kappa shape index (κ1) is 17.1. The summed E-state index contributed by atoms with van der Waals surface area (Å²) >= 11 is 3.37. The van der Waals surface area contributed by atoms with Crippen molar-refractivity contribution in [3.05, 3.63) is 69.9 Å². The highest BCUT2D eigenvalue weighted by molar-refractivity contribution is 9.10. The smallest absolute Gasteiger partial charge is 0.239 e. The van der Waals surface area contributed by atoms with Crippen LogP contribution in [0.5, 0.6) is 0 Å². The molecule has 2 N–H and O–H groups in total. The topological polar surface area (TPSA) is 58.2 Å². The molecule has 0 aromatic heterocycles. The van der Waals surface area contributed by atoms with Gasteiger partial charge in [0.2, 0.25) is 11.8 Å². The van der Waals surface area contributed by atoms with Gasteiger partial charge in [0.25, 0.3) is 0 Å². The molecule has 0 saturated heterocycles. The molecule has 23 heavy (non-hydrogen) atoms. The maximum Gasteiger partial charge on any atom is 0.239 e. The molecule has 6 heteroatoms. The standard InChI is InChI=1S/C17H16BrFN2O2/c18-15-4-2-1-3-13(15)9-16(22)21-11-17(23)20-10-12-5-7-14(19)8-6-12/h1-8H,9-11H2,(H,20,23)(H,21,22). The molecule has 2 aromatic carbocycles. The molecule has 0 atom stereocenters. The van der Waals surface area contributed by atoms with Crippen LogP contribution in [0, 0.1) is 5.82 Å². The minimum atomic E-state index is -0.320. The number of rotatable bonds is 6. The average molecular weight is 379 g/mol. The number of benzene rings is 2. The molecule has 0 saturated carbocycles. The minimum absolute atomic E-state index is 0.0928. The van der Waals surface area contributed by atoms with Crippen LogP contribution in [-0.2, 0) is 22.6 Å². The summed E-state index contributed by atoms with van der Waals surface area (Å²) < 4.78 is 13.6. The Bertz CT molecular complexity index is 689. The quantitative estimate of drug-likeness (QED) is 0.811. The van der Waals surface area contributed by atoms with Crippen LogP contribution in [0.15, 0.2) is 53.0 Å². The fraction of sp³-hybridized carbons (Fsp3) is 0.176. The maximum atomic E-state index is 12.8. The van der Waals surface area contributed by atoms with Crippen molar-refractivity contribution in [1.82, 2.24) is 10.6 Å². The molecule has 0 aliphatic carbocycles. The number of carbonyl (C=O) groups excluding carboxylic acids is 2. The van der Waals surface area contributed by atoms with Gasteiger partial charge in [-0.2, -0.15) is 0 Å². The van der Waals surface area contributed by atoms with Crippen molar-refractivity contribution in [2.45, 2.75) is 13.0 Å². The van der Waals surface area contributed by atoms with E-state index in [0.29, 0.717) is 6.54 Å². The normalized spacial score (nSPS) is 10.2. The van der Waals surface area contributed by atoms with Crippen LogP contribution in [0.2, 0.25) is 0 Å². The van der Waals surface area contributed by atoms with Gasteiger partial charge in [-0.25, -0.2) is 4.39 Å². The number of carbonyl (C=O) groups is 2. The van der Waals surface area contributed by atoms with E-state index in [4.69, 9.17) is 0 Å². The molecule has 0 spiro atoms. The Hall–Kier alpha value is -2.21. The second-order valence-corrected chi connectivity index (χ2v) is 5.80. The van der Waals surface area contributed by atoms with Gasteiger partial charge in [0.05, 0.1) is 13.0 Å². The van der Waals surface area contributed by atoms with Crippen molar-refractivity contribution in [3.63, 3.8) is 0 Å². The fourth-order valence-electron chi connectivity index (χ4n) is 1.92. The first-order valence-electron chi connectivity index (χ1n) is 7.06. The van der Waals surface area contributed by atoms with E-state index in [-0.39, 0.29) is 30.6 Å². The predicted molar refractivity (Wildman–Crippen MR) is 89.1 cm³/mol. The van der Waals surface area contributed by atoms with Gasteiger partial charge in [-0.05, 0) is 29.3 Å². The summed E-state index contributed by atoms with van der Waals surface area (Å²) in [5.41, 5.74) is 1.65. The zero-order valence-electron chi connectivity index (χ0n) is 12.3. The monoisotopic (exact) mass is 378 g/mol. The lowest BCUT2D eigenvalue weighted by molar-refractivity contribution is -0.125. The Labute approximate surface area is 142 Å². The maximum absolute atomic E-state index is 12.8. The van der Waals surface area contributed by atoms with Gasteiger partial charge in [-0.15, -0.1) is 0 Å². The first-order chi connectivity index (χ1) is 11.0. The zero-order valence-corrected chi connectivity index (χ0v) is 13.9. The molecule has 2 amide bonds. The second-order valence-electron chi connectivity index (χ2n) is 4.95. The zero-order chi connectivity index (χ0) is 16.7. The van der Waals surface area contributed by atoms with Crippen LogP contribution in [0.1, 0.15) is 11.1 Å². The number of hydrogen-bond acceptors (Lipinski definition) is 2. The van der Waals surface area contributed by atoms with Crippen molar-refractivity contribution in [2.24, 2.45) is 0 Å². The third kappa shape index (κ3) is 5.83. The highest BCUT2D eigenvalue weighted by Gasteiger charge is 2.08. The molecule has 0 aliphatic rings. The molecular formula is C17H16BrFN2O2. The summed E-state index contributed by atoms with van der Waals surface area (Å²) in [6.45, 7) is 0.198. The Balaban J connectivity index is 1.72. The molecular weight excluding hydrogens is 363 g/mol. The van der Waals surface area contributed by atoms with Crippen molar-refractivity contribution < 1.29 is 14.0 Å². The lowest BCUT2D eigenvalue weighted by Gasteiger charge is -2.08. The van der Waals surface area contributed by atoms with Crippen LogP contribution in [0.25, 0.3) is 0 Å². The number of hydrogen-bond donors (Lipinski definition) is 2. The largest absolute Gasteiger partial charge is 0.350 e. The minimum Gasteiger partial charge on any atom is -0.350 e. The van der Waals surface area contributed by atoms with Gasteiger partial charge >= 0.3 is 0 Å². The van der Waals surface area contributed by atoms with Crippen LogP contribution in [-0.4, -0.2) is 18.4 Å². The summed E-state index contributed by atoms with van der Waals surface area (Å²) in [7, 11) is 0. The van der Waals surface area contributed by atoms with E-state index in [9.17, 15) is 14.0 Å². The van der Waals surface area contributed by atoms with E-state index in [1.807, 2.05) is 24.3 Å². The molecule has 0 fully saturated rings. The van der Waals surface area contributed by atoms with E-state index < -0.39 is 0 Å². The molecule has 2 rings (SSSR count). The van der Waals surface area contributed by atoms with Crippen LogP contribution >= 0.6 is 15.9 Å². The molecule has 0 heterocycles.